The van der Waals surface area contributed by atoms with Crippen molar-refractivity contribution in [1.82, 2.24) is 5.32 Å². The maximum atomic E-state index is 13.4. The van der Waals surface area contributed by atoms with E-state index in [1.165, 1.54) is 89.9 Å². The number of rotatable bonds is 48. The molecule has 6 N–H and O–H groups in total. The molecule has 8 unspecified atom stereocenters. The van der Waals surface area contributed by atoms with Crippen LogP contribution in [0.15, 0.2) is 85.1 Å². The standard InChI is InChI=1S/C62H107NO10/c1-4-7-10-13-16-19-22-25-27-28-29-32-35-38-41-44-47-50-57(67)73-60-59(69)58(68)56(51-64)72-62(60)71-52-53(54(65)48-45-42-39-36-33-30-24-21-18-15-12-9-6-3)63-61(70)55(66)49-46-43-40-37-34-31-26-23-20-17-14-11-8-5-2/h16-17,19-20,23,25-27,29,32,38,41,45,48,53-56,58-60,62,64-66,68-69H,4-15,18,21-22,24,28,30-31,33-37,39-40,42-44,46-47,49-52H2,1-3H3,(H,63,70)/b19-16-,20-17+,26-23+,27-25-,32-29-,41-38-,48-45+. The van der Waals surface area contributed by atoms with Crippen LogP contribution in [0, 0.1) is 0 Å². The molecule has 0 saturated carbocycles. The zero-order chi connectivity index (χ0) is 53.3. The van der Waals surface area contributed by atoms with Crippen molar-refractivity contribution in [3.05, 3.63) is 85.1 Å². The van der Waals surface area contributed by atoms with Crippen molar-refractivity contribution < 1.29 is 49.3 Å². The normalized spacial score (nSPS) is 20.0. The highest BCUT2D eigenvalue weighted by atomic mass is 16.7. The number of esters is 1. The van der Waals surface area contributed by atoms with Crippen LogP contribution in [-0.4, -0.2) is 99.6 Å². The predicted molar refractivity (Wildman–Crippen MR) is 301 cm³/mol. The van der Waals surface area contributed by atoms with Gasteiger partial charge in [-0.1, -0.05) is 221 Å². The third-order valence-corrected chi connectivity index (χ3v) is 13.3. The van der Waals surface area contributed by atoms with Crippen LogP contribution in [-0.2, 0) is 23.8 Å². The molecule has 1 saturated heterocycles. The van der Waals surface area contributed by atoms with Crippen molar-refractivity contribution in [2.45, 2.75) is 282 Å². The van der Waals surface area contributed by atoms with E-state index in [9.17, 15) is 35.1 Å². The van der Waals surface area contributed by atoms with Gasteiger partial charge in [0.15, 0.2) is 12.4 Å². The molecule has 1 heterocycles. The second-order valence-corrected chi connectivity index (χ2v) is 20.0. The third kappa shape index (κ3) is 38.1. The number of aliphatic hydroxyl groups excluding tert-OH is 5. The summed E-state index contributed by atoms with van der Waals surface area (Å²) in [5.41, 5.74) is 0. The quantitative estimate of drug-likeness (QED) is 0.0149. The molecule has 1 aliphatic rings. The Morgan fingerprint density at radius 1 is 0.548 bits per heavy atom. The molecule has 1 fully saturated rings. The Balaban J connectivity index is 2.78. The Labute approximate surface area is 444 Å². The van der Waals surface area contributed by atoms with Gasteiger partial charge in [-0.3, -0.25) is 9.59 Å². The van der Waals surface area contributed by atoms with Gasteiger partial charge in [-0.05, 0) is 89.9 Å². The van der Waals surface area contributed by atoms with E-state index in [-0.39, 0.29) is 19.4 Å². The second kappa shape index (κ2) is 49.7. The van der Waals surface area contributed by atoms with E-state index in [1.54, 1.807) is 6.08 Å². The van der Waals surface area contributed by atoms with Gasteiger partial charge >= 0.3 is 5.97 Å². The molecule has 1 rings (SSSR count). The summed E-state index contributed by atoms with van der Waals surface area (Å²) < 4.78 is 17.5. The molecule has 8 atom stereocenters. The number of amides is 1. The lowest BCUT2D eigenvalue weighted by atomic mass is 9.99. The van der Waals surface area contributed by atoms with Crippen molar-refractivity contribution in [3.8, 4) is 0 Å². The van der Waals surface area contributed by atoms with Crippen LogP contribution >= 0.6 is 0 Å². The summed E-state index contributed by atoms with van der Waals surface area (Å²) in [5, 5.41) is 56.8. The van der Waals surface area contributed by atoms with Crippen LogP contribution in [0.1, 0.15) is 233 Å². The molecular formula is C62H107NO10. The first-order valence-corrected chi connectivity index (χ1v) is 29.4. The minimum Gasteiger partial charge on any atom is -0.454 e. The lowest BCUT2D eigenvalue weighted by Crippen LogP contribution is -2.61. The first-order valence-electron chi connectivity index (χ1n) is 29.4. The van der Waals surface area contributed by atoms with Gasteiger partial charge in [-0.25, -0.2) is 0 Å². The molecule has 0 spiro atoms. The SMILES string of the molecule is CCCCC/C=C\C/C=C\C/C=C\C/C=C\CCCC(=O)OC1C(OCC(NC(=O)C(O)CCCCCCC/C=C/C=C/CCCCC)C(O)/C=C/CCCCCCCCCCCCC)OC(CO)C(O)C1O. The van der Waals surface area contributed by atoms with E-state index >= 15 is 0 Å². The molecule has 1 aliphatic heterocycles. The highest BCUT2D eigenvalue weighted by molar-refractivity contribution is 5.80. The van der Waals surface area contributed by atoms with Crippen LogP contribution in [0.2, 0.25) is 0 Å². The summed E-state index contributed by atoms with van der Waals surface area (Å²) in [7, 11) is 0. The molecule has 0 aromatic carbocycles. The fourth-order valence-corrected chi connectivity index (χ4v) is 8.57. The van der Waals surface area contributed by atoms with Gasteiger partial charge in [0.05, 0.1) is 25.4 Å². The van der Waals surface area contributed by atoms with E-state index in [4.69, 9.17) is 14.2 Å². The maximum absolute atomic E-state index is 13.4. The molecular weight excluding hydrogens is 919 g/mol. The average molecular weight is 1030 g/mol. The average Bonchev–Trinajstić information content (AvgIpc) is 3.39. The minimum atomic E-state index is -1.64. The number of carbonyl (C=O) groups excluding carboxylic acids is 2. The van der Waals surface area contributed by atoms with Crippen LogP contribution in [0.4, 0.5) is 0 Å². The Morgan fingerprint density at radius 2 is 0.986 bits per heavy atom. The zero-order valence-corrected chi connectivity index (χ0v) is 46.2. The molecule has 420 valence electrons. The molecule has 11 nitrogen and oxygen atoms in total. The number of hydrogen-bond donors (Lipinski definition) is 6. The predicted octanol–water partition coefficient (Wildman–Crippen LogP) is 13.4. The fraction of sp³-hybridized carbons (Fsp3) is 0.742. The first kappa shape index (κ1) is 67.9. The molecule has 11 heteroatoms. The van der Waals surface area contributed by atoms with Crippen molar-refractivity contribution in [3.63, 3.8) is 0 Å². The molecule has 0 bridgehead atoms. The van der Waals surface area contributed by atoms with Crippen molar-refractivity contribution in [2.75, 3.05) is 13.2 Å². The van der Waals surface area contributed by atoms with Crippen molar-refractivity contribution >= 4 is 11.9 Å². The number of aliphatic hydroxyl groups is 5. The number of allylic oxidation sites excluding steroid dienone is 13. The van der Waals surface area contributed by atoms with Gasteiger partial charge in [0.2, 0.25) is 5.91 Å². The molecule has 0 aromatic rings. The second-order valence-electron chi connectivity index (χ2n) is 20.0. The van der Waals surface area contributed by atoms with E-state index < -0.39 is 67.4 Å². The van der Waals surface area contributed by atoms with Gasteiger partial charge in [0, 0.05) is 6.42 Å². The largest absolute Gasteiger partial charge is 0.454 e. The van der Waals surface area contributed by atoms with Gasteiger partial charge in [-0.15, -0.1) is 0 Å². The van der Waals surface area contributed by atoms with Crippen LogP contribution in [0.5, 0.6) is 0 Å². The van der Waals surface area contributed by atoms with Gasteiger partial charge < -0.3 is 45.1 Å². The topological polar surface area (TPSA) is 175 Å². The number of hydrogen-bond acceptors (Lipinski definition) is 10. The Hall–Kier alpha value is -3.16. The van der Waals surface area contributed by atoms with Crippen LogP contribution in [0.3, 0.4) is 0 Å². The Bertz CT molecular complexity index is 1510. The maximum Gasteiger partial charge on any atom is 0.306 e. The molecule has 1 amide bonds. The summed E-state index contributed by atoms with van der Waals surface area (Å²) in [6.07, 6.45) is 53.4. The van der Waals surface area contributed by atoms with E-state index in [2.05, 4.69) is 86.8 Å². The number of nitrogens with one attached hydrogen (secondary N) is 1. The summed E-state index contributed by atoms with van der Waals surface area (Å²) >= 11 is 0. The molecule has 0 radical (unpaired) electrons. The minimum absolute atomic E-state index is 0.0428. The number of carbonyl (C=O) groups is 2. The van der Waals surface area contributed by atoms with E-state index in [1.807, 2.05) is 18.2 Å². The van der Waals surface area contributed by atoms with Crippen molar-refractivity contribution in [1.29, 1.82) is 0 Å². The number of unbranched alkanes of at least 4 members (excludes halogenated alkanes) is 23. The van der Waals surface area contributed by atoms with Gasteiger partial charge in [0.1, 0.15) is 24.4 Å². The van der Waals surface area contributed by atoms with Gasteiger partial charge in [-0.2, -0.15) is 0 Å². The highest BCUT2D eigenvalue weighted by Crippen LogP contribution is 2.26. The lowest BCUT2D eigenvalue weighted by Gasteiger charge is -2.41. The molecule has 0 aromatic heterocycles. The van der Waals surface area contributed by atoms with Gasteiger partial charge in [0.25, 0.3) is 0 Å². The Morgan fingerprint density at radius 3 is 1.52 bits per heavy atom. The number of ether oxygens (including phenoxy) is 3. The van der Waals surface area contributed by atoms with Crippen molar-refractivity contribution in [2.24, 2.45) is 0 Å². The zero-order valence-electron chi connectivity index (χ0n) is 46.2. The molecule has 0 aliphatic carbocycles. The lowest BCUT2D eigenvalue weighted by molar-refractivity contribution is -0.305. The smallest absolute Gasteiger partial charge is 0.306 e. The first-order chi connectivity index (χ1) is 35.7. The summed E-state index contributed by atoms with van der Waals surface area (Å²) in [5.74, 6) is -1.27. The fourth-order valence-electron chi connectivity index (χ4n) is 8.57. The molecule has 73 heavy (non-hydrogen) atoms. The monoisotopic (exact) mass is 1030 g/mol. The van der Waals surface area contributed by atoms with E-state index in [0.29, 0.717) is 19.3 Å². The summed E-state index contributed by atoms with van der Waals surface area (Å²) in [6, 6.07) is -1.04. The summed E-state index contributed by atoms with van der Waals surface area (Å²) in [4.78, 5) is 26.5. The summed E-state index contributed by atoms with van der Waals surface area (Å²) in [6.45, 7) is 5.68. The Kier molecular flexibility index (Phi) is 46.2. The van der Waals surface area contributed by atoms with E-state index in [0.717, 1.165) is 89.9 Å². The highest BCUT2D eigenvalue weighted by Gasteiger charge is 2.47. The van der Waals surface area contributed by atoms with Crippen LogP contribution in [0.25, 0.3) is 0 Å². The van der Waals surface area contributed by atoms with Crippen LogP contribution < -0.4 is 5.32 Å². The third-order valence-electron chi connectivity index (χ3n) is 13.3.